The highest BCUT2D eigenvalue weighted by molar-refractivity contribution is 5.98. The van der Waals surface area contributed by atoms with Crippen LogP contribution in [0.3, 0.4) is 0 Å². The molecule has 1 heteroatoms. The lowest BCUT2D eigenvalue weighted by molar-refractivity contribution is -0.147. The van der Waals surface area contributed by atoms with Gasteiger partial charge in [-0.25, -0.2) is 0 Å². The van der Waals surface area contributed by atoms with Crippen LogP contribution in [0.4, 0.5) is 0 Å². The summed E-state index contributed by atoms with van der Waals surface area (Å²) in [5.41, 5.74) is 1.04. The molecule has 1 aromatic carbocycles. The number of Topliss-reactive ketones (excluding diaryl/α,β-unsaturated/α-hetero) is 1. The fourth-order valence-electron chi connectivity index (χ4n) is 4.10. The fourth-order valence-corrected chi connectivity index (χ4v) is 4.10. The molecule has 2 aliphatic carbocycles. The summed E-state index contributed by atoms with van der Waals surface area (Å²) < 4.78 is 0. The predicted octanol–water partition coefficient (Wildman–Crippen LogP) is 4.11. The SMILES string of the molecule is C[C@@]1(c2ccccc2)C(=O)[C@H]2CCCCCC[C@H]21. The Bertz CT molecular complexity index is 436. The lowest BCUT2D eigenvalue weighted by Crippen LogP contribution is -2.59. The summed E-state index contributed by atoms with van der Waals surface area (Å²) >= 11 is 0. The molecule has 2 aliphatic rings. The maximum absolute atomic E-state index is 12.6. The van der Waals surface area contributed by atoms with Gasteiger partial charge in [-0.05, 0) is 31.2 Å². The summed E-state index contributed by atoms with van der Waals surface area (Å²) in [6.45, 7) is 2.17. The molecule has 2 saturated carbocycles. The number of carbonyl (C=O) groups excluding carboxylic acids is 1. The van der Waals surface area contributed by atoms with E-state index in [9.17, 15) is 4.79 Å². The number of fused-ring (bicyclic) bond motifs is 1. The highest BCUT2D eigenvalue weighted by Gasteiger charge is 2.58. The number of ketones is 1. The number of rotatable bonds is 1. The number of hydrogen-bond donors (Lipinski definition) is 0. The minimum absolute atomic E-state index is 0.191. The molecule has 0 unspecified atom stereocenters. The molecular weight excluding hydrogens is 220 g/mol. The topological polar surface area (TPSA) is 17.1 Å². The van der Waals surface area contributed by atoms with Crippen molar-refractivity contribution in [1.82, 2.24) is 0 Å². The molecule has 2 fully saturated rings. The van der Waals surface area contributed by atoms with Crippen molar-refractivity contribution in [3.05, 3.63) is 35.9 Å². The molecule has 0 N–H and O–H groups in total. The second-order valence-electron chi connectivity index (χ2n) is 6.14. The third-order valence-corrected chi connectivity index (χ3v) is 5.23. The summed E-state index contributed by atoms with van der Waals surface area (Å²) in [7, 11) is 0. The zero-order valence-corrected chi connectivity index (χ0v) is 11.2. The van der Waals surface area contributed by atoms with E-state index in [0.29, 0.717) is 17.6 Å². The van der Waals surface area contributed by atoms with Gasteiger partial charge in [0, 0.05) is 5.92 Å². The third-order valence-electron chi connectivity index (χ3n) is 5.23. The van der Waals surface area contributed by atoms with E-state index >= 15 is 0 Å². The van der Waals surface area contributed by atoms with E-state index in [1.165, 1.54) is 37.7 Å². The van der Waals surface area contributed by atoms with Gasteiger partial charge in [-0.1, -0.05) is 56.0 Å². The standard InChI is InChI=1S/C17H22O/c1-17(13-9-5-4-6-10-13)15-12-8-3-2-7-11-14(15)16(17)18/h4-6,9-10,14-15H,2-3,7-8,11-12H2,1H3/t14-,15+,17-/m0/s1. The minimum atomic E-state index is -0.191. The molecule has 0 saturated heterocycles. The average Bonchev–Trinajstić information content (AvgIpc) is 2.39. The average molecular weight is 242 g/mol. The van der Waals surface area contributed by atoms with E-state index in [1.807, 2.05) is 6.07 Å². The molecule has 18 heavy (non-hydrogen) atoms. The van der Waals surface area contributed by atoms with Gasteiger partial charge in [-0.2, -0.15) is 0 Å². The lowest BCUT2D eigenvalue weighted by Gasteiger charge is -2.53. The van der Waals surface area contributed by atoms with Crippen molar-refractivity contribution in [2.45, 2.75) is 50.9 Å². The van der Waals surface area contributed by atoms with E-state index in [-0.39, 0.29) is 5.41 Å². The Balaban J connectivity index is 1.90. The Morgan fingerprint density at radius 1 is 1.00 bits per heavy atom. The van der Waals surface area contributed by atoms with Gasteiger partial charge in [0.1, 0.15) is 5.78 Å². The van der Waals surface area contributed by atoms with Gasteiger partial charge in [0.05, 0.1) is 5.41 Å². The molecule has 0 bridgehead atoms. The molecule has 1 aromatic rings. The third kappa shape index (κ3) is 1.64. The molecule has 96 valence electrons. The van der Waals surface area contributed by atoms with Crippen molar-refractivity contribution < 1.29 is 4.79 Å². The number of benzene rings is 1. The van der Waals surface area contributed by atoms with Gasteiger partial charge in [-0.15, -0.1) is 0 Å². The van der Waals surface area contributed by atoms with Gasteiger partial charge < -0.3 is 0 Å². The normalized spacial score (nSPS) is 36.2. The van der Waals surface area contributed by atoms with Crippen molar-refractivity contribution in [3.63, 3.8) is 0 Å². The maximum atomic E-state index is 12.6. The molecule has 3 atom stereocenters. The summed E-state index contributed by atoms with van der Waals surface area (Å²) in [6, 6.07) is 10.4. The summed E-state index contributed by atoms with van der Waals surface area (Å²) in [6.07, 6.45) is 7.59. The monoisotopic (exact) mass is 242 g/mol. The number of hydrogen-bond acceptors (Lipinski definition) is 1. The highest BCUT2D eigenvalue weighted by Crippen LogP contribution is 2.54. The Morgan fingerprint density at radius 2 is 1.67 bits per heavy atom. The molecule has 0 amide bonds. The molecule has 1 nitrogen and oxygen atoms in total. The van der Waals surface area contributed by atoms with Crippen LogP contribution in [0, 0.1) is 11.8 Å². The van der Waals surface area contributed by atoms with Gasteiger partial charge >= 0.3 is 0 Å². The Morgan fingerprint density at radius 3 is 2.39 bits per heavy atom. The van der Waals surface area contributed by atoms with E-state index < -0.39 is 0 Å². The first-order valence-electron chi connectivity index (χ1n) is 7.34. The van der Waals surface area contributed by atoms with Crippen LogP contribution >= 0.6 is 0 Å². The van der Waals surface area contributed by atoms with Crippen LogP contribution in [0.2, 0.25) is 0 Å². The fraction of sp³-hybridized carbons (Fsp3) is 0.588. The summed E-state index contributed by atoms with van der Waals surface area (Å²) in [5.74, 6) is 1.45. The largest absolute Gasteiger partial charge is 0.298 e. The summed E-state index contributed by atoms with van der Waals surface area (Å²) in [4.78, 5) is 12.6. The molecule has 0 heterocycles. The first-order chi connectivity index (χ1) is 8.74. The minimum Gasteiger partial charge on any atom is -0.298 e. The van der Waals surface area contributed by atoms with Crippen LogP contribution in [0.15, 0.2) is 30.3 Å². The van der Waals surface area contributed by atoms with Crippen LogP contribution in [-0.2, 0) is 10.2 Å². The maximum Gasteiger partial charge on any atom is 0.146 e. The quantitative estimate of drug-likeness (QED) is 0.724. The molecule has 0 aromatic heterocycles. The van der Waals surface area contributed by atoms with Crippen LogP contribution in [0.25, 0.3) is 0 Å². The van der Waals surface area contributed by atoms with E-state index in [1.54, 1.807) is 0 Å². The Kier molecular flexibility index (Phi) is 3.01. The van der Waals surface area contributed by atoms with Crippen molar-refractivity contribution in [3.8, 4) is 0 Å². The molecule has 0 spiro atoms. The lowest BCUT2D eigenvalue weighted by atomic mass is 9.48. The van der Waals surface area contributed by atoms with Gasteiger partial charge in [0.2, 0.25) is 0 Å². The Hall–Kier alpha value is -1.11. The zero-order chi connectivity index (χ0) is 12.6. The van der Waals surface area contributed by atoms with E-state index in [4.69, 9.17) is 0 Å². The first-order valence-corrected chi connectivity index (χ1v) is 7.34. The van der Waals surface area contributed by atoms with Crippen LogP contribution in [-0.4, -0.2) is 5.78 Å². The predicted molar refractivity (Wildman–Crippen MR) is 73.5 cm³/mol. The molecule has 0 radical (unpaired) electrons. The van der Waals surface area contributed by atoms with Crippen LogP contribution < -0.4 is 0 Å². The second kappa shape index (κ2) is 4.53. The van der Waals surface area contributed by atoms with E-state index in [2.05, 4.69) is 31.2 Å². The first kappa shape index (κ1) is 12.0. The molecule has 3 rings (SSSR count). The van der Waals surface area contributed by atoms with Gasteiger partial charge in [-0.3, -0.25) is 4.79 Å². The van der Waals surface area contributed by atoms with Crippen molar-refractivity contribution >= 4 is 5.78 Å². The van der Waals surface area contributed by atoms with Crippen LogP contribution in [0.1, 0.15) is 51.0 Å². The Labute approximate surface area is 110 Å². The van der Waals surface area contributed by atoms with Gasteiger partial charge in [0.15, 0.2) is 0 Å². The molecular formula is C17H22O. The smallest absolute Gasteiger partial charge is 0.146 e. The zero-order valence-electron chi connectivity index (χ0n) is 11.2. The van der Waals surface area contributed by atoms with Crippen molar-refractivity contribution in [1.29, 1.82) is 0 Å². The number of carbonyl (C=O) groups is 1. The van der Waals surface area contributed by atoms with E-state index in [0.717, 1.165) is 6.42 Å². The van der Waals surface area contributed by atoms with Crippen molar-refractivity contribution in [2.75, 3.05) is 0 Å². The molecule has 0 aliphatic heterocycles. The highest BCUT2D eigenvalue weighted by atomic mass is 16.1. The second-order valence-corrected chi connectivity index (χ2v) is 6.14. The van der Waals surface area contributed by atoms with Crippen LogP contribution in [0.5, 0.6) is 0 Å². The summed E-state index contributed by atoms with van der Waals surface area (Å²) in [5, 5.41) is 0. The van der Waals surface area contributed by atoms with Crippen molar-refractivity contribution in [2.24, 2.45) is 11.8 Å². The van der Waals surface area contributed by atoms with Gasteiger partial charge in [0.25, 0.3) is 0 Å².